The molecule has 0 saturated carbocycles. The molecule has 0 fully saturated rings. The summed E-state index contributed by atoms with van der Waals surface area (Å²) in [6.07, 6.45) is 0. The molecule has 19 heavy (non-hydrogen) atoms. The van der Waals surface area contributed by atoms with E-state index in [1.54, 1.807) is 12.1 Å². The van der Waals surface area contributed by atoms with E-state index in [2.05, 4.69) is 6.07 Å². The normalized spacial score (nSPS) is 9.95. The minimum Gasteiger partial charge on any atom is -0.508 e. The van der Waals surface area contributed by atoms with Gasteiger partial charge in [-0.15, -0.1) is 0 Å². The largest absolute Gasteiger partial charge is 0.508 e. The Morgan fingerprint density at radius 3 is 2.21 bits per heavy atom. The van der Waals surface area contributed by atoms with E-state index >= 15 is 0 Å². The van der Waals surface area contributed by atoms with Gasteiger partial charge in [-0.25, -0.2) is 0 Å². The second kappa shape index (κ2) is 5.45. The van der Waals surface area contributed by atoms with E-state index < -0.39 is 0 Å². The van der Waals surface area contributed by atoms with E-state index in [0.29, 0.717) is 12.2 Å². The van der Waals surface area contributed by atoms with Crippen molar-refractivity contribution in [3.63, 3.8) is 0 Å². The third-order valence-corrected chi connectivity index (χ3v) is 2.91. The number of aromatic hydroxyl groups is 1. The second-order valence-corrected chi connectivity index (χ2v) is 4.51. The highest BCUT2D eigenvalue weighted by Crippen LogP contribution is 2.25. The van der Waals surface area contributed by atoms with Crippen LogP contribution in [0.2, 0.25) is 0 Å². The third-order valence-electron chi connectivity index (χ3n) is 2.91. The number of rotatable bonds is 3. The fourth-order valence-electron chi connectivity index (χ4n) is 1.99. The number of benzene rings is 2. The number of nitrogens with zero attached hydrogens (tertiary/aromatic N) is 1. The molecule has 0 heterocycles. The van der Waals surface area contributed by atoms with E-state index in [1.807, 2.05) is 38.1 Å². The van der Waals surface area contributed by atoms with Crippen LogP contribution >= 0.6 is 0 Å². The molecule has 96 valence electrons. The molecule has 2 aromatic rings. The molecule has 0 aliphatic carbocycles. The molecule has 3 heteroatoms. The van der Waals surface area contributed by atoms with E-state index in [0.717, 1.165) is 22.4 Å². The van der Waals surface area contributed by atoms with Crippen LogP contribution in [0.4, 0.5) is 0 Å². The molecule has 3 nitrogen and oxygen atoms in total. The van der Waals surface area contributed by atoms with Crippen LogP contribution in [0.15, 0.2) is 36.4 Å². The lowest BCUT2D eigenvalue weighted by molar-refractivity contribution is 0.302. The van der Waals surface area contributed by atoms with Crippen LogP contribution in [0.3, 0.4) is 0 Å². The zero-order chi connectivity index (χ0) is 13.8. The quantitative estimate of drug-likeness (QED) is 0.911. The SMILES string of the molecule is Cc1cc(C#N)cc(C)c1OCc1ccc(O)cc1. The van der Waals surface area contributed by atoms with Crippen molar-refractivity contribution in [1.82, 2.24) is 0 Å². The highest BCUT2D eigenvalue weighted by molar-refractivity contribution is 5.47. The summed E-state index contributed by atoms with van der Waals surface area (Å²) in [5.41, 5.74) is 3.54. The maximum atomic E-state index is 9.22. The summed E-state index contributed by atoms with van der Waals surface area (Å²) in [4.78, 5) is 0. The van der Waals surface area contributed by atoms with Crippen molar-refractivity contribution >= 4 is 0 Å². The van der Waals surface area contributed by atoms with Crippen LogP contribution in [0.1, 0.15) is 22.3 Å². The Morgan fingerprint density at radius 2 is 1.68 bits per heavy atom. The van der Waals surface area contributed by atoms with Crippen LogP contribution in [-0.4, -0.2) is 5.11 Å². The summed E-state index contributed by atoms with van der Waals surface area (Å²) in [5.74, 6) is 1.06. The third kappa shape index (κ3) is 3.05. The average molecular weight is 253 g/mol. The van der Waals surface area contributed by atoms with Gasteiger partial charge < -0.3 is 9.84 Å². The molecule has 0 aromatic heterocycles. The first-order valence-electron chi connectivity index (χ1n) is 6.02. The lowest BCUT2D eigenvalue weighted by atomic mass is 10.1. The van der Waals surface area contributed by atoms with Crippen LogP contribution in [0, 0.1) is 25.2 Å². The number of phenols is 1. The van der Waals surface area contributed by atoms with Gasteiger partial charge in [-0.2, -0.15) is 5.26 Å². The van der Waals surface area contributed by atoms with E-state index in [1.165, 1.54) is 0 Å². The molecule has 0 bridgehead atoms. The van der Waals surface area contributed by atoms with Crippen molar-refractivity contribution in [2.75, 3.05) is 0 Å². The molecule has 0 amide bonds. The summed E-state index contributed by atoms with van der Waals surface area (Å²) in [6.45, 7) is 4.30. The Morgan fingerprint density at radius 1 is 1.11 bits per heavy atom. The molecule has 0 saturated heterocycles. The van der Waals surface area contributed by atoms with Crippen molar-refractivity contribution < 1.29 is 9.84 Å². The zero-order valence-corrected chi connectivity index (χ0v) is 11.0. The Bertz CT molecular complexity index is 601. The number of nitriles is 1. The molecule has 2 aromatic carbocycles. The van der Waals surface area contributed by atoms with Crippen LogP contribution in [-0.2, 0) is 6.61 Å². The fraction of sp³-hybridized carbons (Fsp3) is 0.188. The van der Waals surface area contributed by atoms with E-state index in [-0.39, 0.29) is 5.75 Å². The Balaban J connectivity index is 2.16. The number of phenolic OH excluding ortho intramolecular Hbond substituents is 1. The molecule has 1 N–H and O–H groups in total. The first-order chi connectivity index (χ1) is 9.10. The molecule has 0 spiro atoms. The maximum Gasteiger partial charge on any atom is 0.125 e. The smallest absolute Gasteiger partial charge is 0.125 e. The first-order valence-corrected chi connectivity index (χ1v) is 6.02. The number of aryl methyl sites for hydroxylation is 2. The second-order valence-electron chi connectivity index (χ2n) is 4.51. The van der Waals surface area contributed by atoms with Gasteiger partial charge >= 0.3 is 0 Å². The Kier molecular flexibility index (Phi) is 3.72. The van der Waals surface area contributed by atoms with Gasteiger partial charge in [0.25, 0.3) is 0 Å². The first kappa shape index (κ1) is 13.0. The van der Waals surface area contributed by atoms with Crippen molar-refractivity contribution in [3.05, 3.63) is 58.7 Å². The average Bonchev–Trinajstić information content (AvgIpc) is 2.39. The summed E-state index contributed by atoms with van der Waals surface area (Å²) in [7, 11) is 0. The van der Waals surface area contributed by atoms with Crippen molar-refractivity contribution in [2.45, 2.75) is 20.5 Å². The minimum atomic E-state index is 0.245. The van der Waals surface area contributed by atoms with Crippen molar-refractivity contribution in [1.29, 1.82) is 5.26 Å². The number of hydrogen-bond donors (Lipinski definition) is 1. The van der Waals surface area contributed by atoms with Gasteiger partial charge in [0.2, 0.25) is 0 Å². The highest BCUT2D eigenvalue weighted by atomic mass is 16.5. The monoisotopic (exact) mass is 253 g/mol. The standard InChI is InChI=1S/C16H15NO2/c1-11-7-14(9-17)8-12(2)16(11)19-10-13-3-5-15(18)6-4-13/h3-8,18H,10H2,1-2H3. The van der Waals surface area contributed by atoms with Crippen LogP contribution in [0.25, 0.3) is 0 Å². The predicted molar refractivity (Wildman–Crippen MR) is 73.1 cm³/mol. The van der Waals surface area contributed by atoms with Gasteiger partial charge in [-0.05, 0) is 54.8 Å². The summed E-state index contributed by atoms with van der Waals surface area (Å²) in [5, 5.41) is 18.1. The minimum absolute atomic E-state index is 0.245. The van der Waals surface area contributed by atoms with E-state index in [4.69, 9.17) is 10.00 Å². The predicted octanol–water partition coefficient (Wildman–Crippen LogP) is 3.46. The zero-order valence-electron chi connectivity index (χ0n) is 11.0. The Labute approximate surface area is 112 Å². The summed E-state index contributed by atoms with van der Waals surface area (Å²) < 4.78 is 5.80. The number of hydrogen-bond acceptors (Lipinski definition) is 3. The van der Waals surface area contributed by atoms with E-state index in [9.17, 15) is 5.11 Å². The summed E-state index contributed by atoms with van der Waals surface area (Å²) >= 11 is 0. The van der Waals surface area contributed by atoms with Gasteiger partial charge in [0.05, 0.1) is 11.6 Å². The highest BCUT2D eigenvalue weighted by Gasteiger charge is 2.06. The van der Waals surface area contributed by atoms with Gasteiger partial charge in [-0.3, -0.25) is 0 Å². The lowest BCUT2D eigenvalue weighted by Gasteiger charge is -2.12. The molecule has 0 radical (unpaired) electrons. The molecular formula is C16H15NO2. The molecule has 2 rings (SSSR count). The lowest BCUT2D eigenvalue weighted by Crippen LogP contribution is -1.99. The molecule has 0 aliphatic rings. The molecule has 0 atom stereocenters. The Hall–Kier alpha value is -2.47. The van der Waals surface area contributed by atoms with Gasteiger partial charge in [0, 0.05) is 0 Å². The topological polar surface area (TPSA) is 53.2 Å². The van der Waals surface area contributed by atoms with Gasteiger partial charge in [0.15, 0.2) is 0 Å². The number of ether oxygens (including phenoxy) is 1. The van der Waals surface area contributed by atoms with Gasteiger partial charge in [-0.1, -0.05) is 12.1 Å². The van der Waals surface area contributed by atoms with Crippen LogP contribution in [0.5, 0.6) is 11.5 Å². The summed E-state index contributed by atoms with van der Waals surface area (Å²) in [6, 6.07) is 12.7. The fourth-order valence-corrected chi connectivity index (χ4v) is 1.99. The maximum absolute atomic E-state index is 9.22. The van der Waals surface area contributed by atoms with Crippen molar-refractivity contribution in [2.24, 2.45) is 0 Å². The molecule has 0 unspecified atom stereocenters. The van der Waals surface area contributed by atoms with Crippen molar-refractivity contribution in [3.8, 4) is 17.6 Å². The van der Waals surface area contributed by atoms with Crippen LogP contribution < -0.4 is 4.74 Å². The van der Waals surface area contributed by atoms with Gasteiger partial charge in [0.1, 0.15) is 18.1 Å². The molecule has 0 aliphatic heterocycles. The molecular weight excluding hydrogens is 238 g/mol.